The SMILES string of the molecule is CCc1ccccc1NC(=O)CC1CSc2nc3c(cnn3-c3ccc(F)cc3)c(=O)n21. The number of thioether (sulfide) groups is 1. The maximum atomic E-state index is 13.3. The van der Waals surface area contributed by atoms with Gasteiger partial charge in [-0.3, -0.25) is 14.2 Å². The average Bonchev–Trinajstić information content (AvgIpc) is 3.40. The van der Waals surface area contributed by atoms with Crippen molar-refractivity contribution < 1.29 is 9.18 Å². The number of halogens is 1. The minimum absolute atomic E-state index is 0.140. The van der Waals surface area contributed by atoms with Gasteiger partial charge in [-0.1, -0.05) is 36.9 Å². The predicted molar refractivity (Wildman–Crippen MR) is 122 cm³/mol. The molecule has 0 bridgehead atoms. The summed E-state index contributed by atoms with van der Waals surface area (Å²) in [4.78, 5) is 30.6. The second-order valence-electron chi connectivity index (χ2n) is 7.57. The number of aryl methyl sites for hydroxylation is 1. The highest BCUT2D eigenvalue weighted by atomic mass is 32.2. The molecule has 0 radical (unpaired) electrons. The molecule has 2 aromatic heterocycles. The zero-order valence-corrected chi connectivity index (χ0v) is 18.1. The summed E-state index contributed by atoms with van der Waals surface area (Å²) in [6.45, 7) is 2.04. The van der Waals surface area contributed by atoms with Crippen molar-refractivity contribution in [3.8, 4) is 5.69 Å². The van der Waals surface area contributed by atoms with Gasteiger partial charge in [-0.25, -0.2) is 14.1 Å². The normalized spacial score (nSPS) is 15.1. The topological polar surface area (TPSA) is 81.8 Å². The van der Waals surface area contributed by atoms with Gasteiger partial charge in [0.15, 0.2) is 10.8 Å². The highest BCUT2D eigenvalue weighted by Crippen LogP contribution is 2.33. The Labute approximate surface area is 187 Å². The first-order valence-electron chi connectivity index (χ1n) is 10.3. The number of rotatable bonds is 5. The Morgan fingerprint density at radius 1 is 1.22 bits per heavy atom. The van der Waals surface area contributed by atoms with Crippen molar-refractivity contribution in [2.75, 3.05) is 11.1 Å². The lowest BCUT2D eigenvalue weighted by Gasteiger charge is -2.14. The molecular formula is C23H20FN5O2S. The van der Waals surface area contributed by atoms with Crippen LogP contribution in [0.3, 0.4) is 0 Å². The summed E-state index contributed by atoms with van der Waals surface area (Å²) in [5, 5.41) is 8.18. The summed E-state index contributed by atoms with van der Waals surface area (Å²) in [6, 6.07) is 13.3. The standard InChI is InChI=1S/C23H20FN5O2S/c1-2-14-5-3-4-6-19(14)26-20(30)11-17-13-32-23-27-21-18(22(31)28(17)23)12-25-29(21)16-9-7-15(24)8-10-16/h3-10,12,17H,2,11,13H2,1H3,(H,26,30). The monoisotopic (exact) mass is 449 g/mol. The first-order valence-corrected chi connectivity index (χ1v) is 11.3. The van der Waals surface area contributed by atoms with E-state index in [1.807, 2.05) is 31.2 Å². The molecule has 1 unspecified atom stereocenters. The molecule has 1 N–H and O–H groups in total. The van der Waals surface area contributed by atoms with Gasteiger partial charge in [0.2, 0.25) is 5.91 Å². The zero-order chi connectivity index (χ0) is 22.2. The van der Waals surface area contributed by atoms with Gasteiger partial charge in [0.25, 0.3) is 5.56 Å². The van der Waals surface area contributed by atoms with Crippen LogP contribution in [0.1, 0.15) is 24.9 Å². The van der Waals surface area contributed by atoms with Gasteiger partial charge in [-0.15, -0.1) is 0 Å². The van der Waals surface area contributed by atoms with Crippen LogP contribution in [-0.2, 0) is 11.2 Å². The summed E-state index contributed by atoms with van der Waals surface area (Å²) in [7, 11) is 0. The number of nitrogens with one attached hydrogen (secondary N) is 1. The largest absolute Gasteiger partial charge is 0.326 e. The smallest absolute Gasteiger partial charge is 0.265 e. The van der Waals surface area contributed by atoms with Crippen LogP contribution in [0, 0.1) is 5.82 Å². The number of amides is 1. The first-order chi connectivity index (χ1) is 15.5. The molecule has 0 saturated carbocycles. The molecule has 0 saturated heterocycles. The van der Waals surface area contributed by atoms with Crippen LogP contribution in [-0.4, -0.2) is 31.0 Å². The molecule has 32 heavy (non-hydrogen) atoms. The molecule has 1 amide bonds. The molecule has 1 aliphatic heterocycles. The Morgan fingerprint density at radius 3 is 2.78 bits per heavy atom. The second-order valence-corrected chi connectivity index (χ2v) is 8.55. The van der Waals surface area contributed by atoms with Crippen molar-refractivity contribution in [3.63, 3.8) is 0 Å². The number of nitrogens with zero attached hydrogens (tertiary/aromatic N) is 4. The van der Waals surface area contributed by atoms with Crippen molar-refractivity contribution in [2.45, 2.75) is 31.0 Å². The molecular weight excluding hydrogens is 429 g/mol. The predicted octanol–water partition coefficient (Wildman–Crippen LogP) is 3.96. The molecule has 1 atom stereocenters. The Morgan fingerprint density at radius 2 is 2.00 bits per heavy atom. The fraction of sp³-hybridized carbons (Fsp3) is 0.217. The van der Waals surface area contributed by atoms with Crippen molar-refractivity contribution in [1.29, 1.82) is 0 Å². The quantitative estimate of drug-likeness (QED) is 0.467. The third-order valence-corrected chi connectivity index (χ3v) is 6.63. The fourth-order valence-electron chi connectivity index (χ4n) is 3.92. The van der Waals surface area contributed by atoms with Crippen LogP contribution in [0.15, 0.2) is 64.7 Å². The van der Waals surface area contributed by atoms with Crippen LogP contribution in [0.4, 0.5) is 10.1 Å². The molecule has 0 spiro atoms. The molecule has 5 rings (SSSR count). The second kappa shape index (κ2) is 8.23. The van der Waals surface area contributed by atoms with Gasteiger partial charge >= 0.3 is 0 Å². The van der Waals surface area contributed by atoms with Crippen molar-refractivity contribution in [3.05, 3.63) is 76.5 Å². The van der Waals surface area contributed by atoms with E-state index in [0.717, 1.165) is 17.7 Å². The third-order valence-electron chi connectivity index (χ3n) is 5.54. The van der Waals surface area contributed by atoms with E-state index in [1.165, 1.54) is 34.8 Å². The first kappa shape index (κ1) is 20.4. The molecule has 4 aromatic rings. The fourth-order valence-corrected chi connectivity index (χ4v) is 5.05. The van der Waals surface area contributed by atoms with Crippen molar-refractivity contribution in [2.24, 2.45) is 0 Å². The van der Waals surface area contributed by atoms with Crippen molar-refractivity contribution in [1.82, 2.24) is 19.3 Å². The highest BCUT2D eigenvalue weighted by molar-refractivity contribution is 7.99. The van der Waals surface area contributed by atoms with Crippen LogP contribution in [0.5, 0.6) is 0 Å². The van der Waals surface area contributed by atoms with Crippen molar-refractivity contribution >= 4 is 34.4 Å². The number of anilines is 1. The summed E-state index contributed by atoms with van der Waals surface area (Å²) < 4.78 is 16.4. The number of fused-ring (bicyclic) bond motifs is 2. The van der Waals surface area contributed by atoms with Gasteiger partial charge in [-0.05, 0) is 42.3 Å². The Hall–Kier alpha value is -3.46. The molecule has 2 aromatic carbocycles. The number of benzene rings is 2. The lowest BCUT2D eigenvalue weighted by atomic mass is 10.1. The number of carbonyl (C=O) groups is 1. The summed E-state index contributed by atoms with van der Waals surface area (Å²) in [6.07, 6.45) is 2.47. The van der Waals surface area contributed by atoms with Crippen LogP contribution in [0.25, 0.3) is 16.7 Å². The number of aromatic nitrogens is 4. The number of hydrogen-bond acceptors (Lipinski definition) is 5. The number of para-hydroxylation sites is 1. The van der Waals surface area contributed by atoms with E-state index in [2.05, 4.69) is 15.4 Å². The third kappa shape index (κ3) is 3.58. The average molecular weight is 450 g/mol. The highest BCUT2D eigenvalue weighted by Gasteiger charge is 2.29. The Kier molecular flexibility index (Phi) is 5.26. The van der Waals surface area contributed by atoms with Gasteiger partial charge in [0.05, 0.1) is 17.9 Å². The van der Waals surface area contributed by atoms with Crippen LogP contribution < -0.4 is 10.9 Å². The van der Waals surface area contributed by atoms with Gasteiger partial charge in [0, 0.05) is 17.9 Å². The summed E-state index contributed by atoms with van der Waals surface area (Å²) in [5.41, 5.74) is 2.67. The maximum Gasteiger partial charge on any atom is 0.265 e. The molecule has 1 aliphatic rings. The Bertz CT molecular complexity index is 1380. The minimum Gasteiger partial charge on any atom is -0.326 e. The number of hydrogen-bond donors (Lipinski definition) is 1. The van der Waals surface area contributed by atoms with E-state index in [-0.39, 0.29) is 29.7 Å². The summed E-state index contributed by atoms with van der Waals surface area (Å²) in [5.74, 6) is 0.0949. The van der Waals surface area contributed by atoms with E-state index in [0.29, 0.717) is 27.6 Å². The lowest BCUT2D eigenvalue weighted by Crippen LogP contribution is -2.28. The summed E-state index contributed by atoms with van der Waals surface area (Å²) >= 11 is 1.44. The maximum absolute atomic E-state index is 13.3. The van der Waals surface area contributed by atoms with E-state index < -0.39 is 0 Å². The lowest BCUT2D eigenvalue weighted by molar-refractivity contribution is -0.116. The van der Waals surface area contributed by atoms with E-state index in [4.69, 9.17) is 0 Å². The van der Waals surface area contributed by atoms with E-state index >= 15 is 0 Å². The van der Waals surface area contributed by atoms with Gasteiger partial charge in [0.1, 0.15) is 11.2 Å². The molecule has 9 heteroatoms. The molecule has 0 fully saturated rings. The number of carbonyl (C=O) groups excluding carboxylic acids is 1. The minimum atomic E-state index is -0.350. The molecule has 3 heterocycles. The van der Waals surface area contributed by atoms with E-state index in [9.17, 15) is 14.0 Å². The molecule has 0 aliphatic carbocycles. The zero-order valence-electron chi connectivity index (χ0n) is 17.3. The molecule has 162 valence electrons. The van der Waals surface area contributed by atoms with Crippen LogP contribution in [0.2, 0.25) is 0 Å². The Balaban J connectivity index is 1.44. The van der Waals surface area contributed by atoms with Gasteiger partial charge < -0.3 is 5.32 Å². The van der Waals surface area contributed by atoms with E-state index in [1.54, 1.807) is 16.7 Å². The van der Waals surface area contributed by atoms with Gasteiger partial charge in [-0.2, -0.15) is 5.10 Å². The van der Waals surface area contributed by atoms with Crippen LogP contribution >= 0.6 is 11.8 Å². The molecule has 7 nitrogen and oxygen atoms in total.